The van der Waals surface area contributed by atoms with Crippen LogP contribution in [0.5, 0.6) is 0 Å². The third-order valence-electron chi connectivity index (χ3n) is 2.87. The first-order valence-electron chi connectivity index (χ1n) is 5.65. The Kier molecular flexibility index (Phi) is 4.12. The highest BCUT2D eigenvalue weighted by atomic mass is 14.7. The zero-order valence-corrected chi connectivity index (χ0v) is 9.75. The lowest BCUT2D eigenvalue weighted by Crippen LogP contribution is -2.05. The topological polar surface area (TPSA) is 12.9 Å². The van der Waals surface area contributed by atoms with Gasteiger partial charge in [-0.25, -0.2) is 0 Å². The lowest BCUT2D eigenvalue weighted by atomic mass is 9.90. The van der Waals surface area contributed by atoms with Crippen molar-refractivity contribution in [2.45, 2.75) is 52.4 Å². The molecule has 0 radical (unpaired) electrons. The van der Waals surface area contributed by atoms with Gasteiger partial charge in [0.2, 0.25) is 0 Å². The smallest absolute Gasteiger partial charge is 0.0468 e. The Morgan fingerprint density at radius 3 is 2.36 bits per heavy atom. The Hall–Kier alpha value is -0.850. The van der Waals surface area contributed by atoms with Gasteiger partial charge in [0.05, 0.1) is 0 Å². The average Bonchev–Trinajstić information content (AvgIpc) is 2.20. The summed E-state index contributed by atoms with van der Waals surface area (Å²) >= 11 is 0. The highest BCUT2D eigenvalue weighted by Crippen LogP contribution is 2.28. The predicted octanol–water partition coefficient (Wildman–Crippen LogP) is 4.11. The highest BCUT2D eigenvalue weighted by Gasteiger charge is 2.14. The highest BCUT2D eigenvalue weighted by molar-refractivity contribution is 5.26. The molecule has 0 bridgehead atoms. The van der Waals surface area contributed by atoms with Crippen molar-refractivity contribution in [2.75, 3.05) is 0 Å². The van der Waals surface area contributed by atoms with Crippen LogP contribution in [0, 0.1) is 0 Å². The second-order valence-corrected chi connectivity index (χ2v) is 4.15. The Labute approximate surface area is 87.6 Å². The molecule has 0 fully saturated rings. The summed E-state index contributed by atoms with van der Waals surface area (Å²) in [5.74, 6) is 1.22. The van der Waals surface area contributed by atoms with Gasteiger partial charge >= 0.3 is 0 Å². The molecular formula is C13H21N. The minimum Gasteiger partial charge on any atom is -0.261 e. The summed E-state index contributed by atoms with van der Waals surface area (Å²) < 4.78 is 0. The van der Waals surface area contributed by atoms with Crippen molar-refractivity contribution in [1.29, 1.82) is 0 Å². The Morgan fingerprint density at radius 2 is 1.86 bits per heavy atom. The maximum Gasteiger partial charge on any atom is 0.0468 e. The fourth-order valence-corrected chi connectivity index (χ4v) is 1.93. The van der Waals surface area contributed by atoms with E-state index in [9.17, 15) is 0 Å². The number of nitrogens with zero attached hydrogens (tertiary/aromatic N) is 1. The van der Waals surface area contributed by atoms with E-state index in [-0.39, 0.29) is 0 Å². The quantitative estimate of drug-likeness (QED) is 0.698. The largest absolute Gasteiger partial charge is 0.261 e. The van der Waals surface area contributed by atoms with E-state index in [1.807, 2.05) is 12.3 Å². The van der Waals surface area contributed by atoms with Crippen molar-refractivity contribution in [3.63, 3.8) is 0 Å². The molecule has 1 aromatic rings. The van der Waals surface area contributed by atoms with Crippen LogP contribution < -0.4 is 0 Å². The fourth-order valence-electron chi connectivity index (χ4n) is 1.93. The second kappa shape index (κ2) is 5.14. The van der Waals surface area contributed by atoms with Gasteiger partial charge in [0, 0.05) is 17.8 Å². The molecule has 78 valence electrons. The van der Waals surface area contributed by atoms with Crippen molar-refractivity contribution >= 4 is 0 Å². The van der Waals surface area contributed by atoms with Gasteiger partial charge in [0.15, 0.2) is 0 Å². The van der Waals surface area contributed by atoms with Gasteiger partial charge in [-0.3, -0.25) is 4.98 Å². The molecule has 1 heteroatoms. The van der Waals surface area contributed by atoms with Gasteiger partial charge in [-0.15, -0.1) is 0 Å². The van der Waals surface area contributed by atoms with Crippen LogP contribution in [0.2, 0.25) is 0 Å². The van der Waals surface area contributed by atoms with Crippen LogP contribution in [0.3, 0.4) is 0 Å². The van der Waals surface area contributed by atoms with Crippen molar-refractivity contribution in [3.8, 4) is 0 Å². The molecule has 14 heavy (non-hydrogen) atoms. The van der Waals surface area contributed by atoms with Crippen molar-refractivity contribution in [3.05, 3.63) is 29.6 Å². The van der Waals surface area contributed by atoms with Crippen molar-refractivity contribution in [2.24, 2.45) is 0 Å². The molecule has 0 saturated carbocycles. The monoisotopic (exact) mass is 191 g/mol. The van der Waals surface area contributed by atoms with Crippen molar-refractivity contribution < 1.29 is 0 Å². The van der Waals surface area contributed by atoms with Crippen LogP contribution in [0.4, 0.5) is 0 Å². The van der Waals surface area contributed by atoms with Crippen molar-refractivity contribution in [1.82, 2.24) is 4.98 Å². The third-order valence-corrected chi connectivity index (χ3v) is 2.87. The van der Waals surface area contributed by atoms with E-state index in [1.54, 1.807) is 0 Å². The zero-order valence-electron chi connectivity index (χ0n) is 9.75. The van der Waals surface area contributed by atoms with E-state index in [4.69, 9.17) is 0 Å². The van der Waals surface area contributed by atoms with E-state index in [0.29, 0.717) is 11.8 Å². The second-order valence-electron chi connectivity index (χ2n) is 4.15. The molecule has 0 spiro atoms. The number of hydrogen-bond acceptors (Lipinski definition) is 1. The number of pyridine rings is 1. The lowest BCUT2D eigenvalue weighted by molar-refractivity contribution is 0.608. The van der Waals surface area contributed by atoms with Crippen LogP contribution in [-0.4, -0.2) is 4.98 Å². The summed E-state index contributed by atoms with van der Waals surface area (Å²) in [6.07, 6.45) is 4.29. The molecule has 0 amide bonds. The first-order valence-corrected chi connectivity index (χ1v) is 5.65. The number of aromatic nitrogens is 1. The molecular weight excluding hydrogens is 170 g/mol. The summed E-state index contributed by atoms with van der Waals surface area (Å²) in [6, 6.07) is 4.26. The minimum absolute atomic E-state index is 0.583. The molecule has 0 aliphatic heterocycles. The van der Waals surface area contributed by atoms with Crippen LogP contribution in [0.25, 0.3) is 0 Å². The average molecular weight is 191 g/mol. The normalized spacial score (nSPS) is 11.3. The van der Waals surface area contributed by atoms with E-state index < -0.39 is 0 Å². The van der Waals surface area contributed by atoms with E-state index >= 15 is 0 Å². The molecule has 0 aliphatic rings. The van der Waals surface area contributed by atoms with Crippen LogP contribution >= 0.6 is 0 Å². The van der Waals surface area contributed by atoms with Crippen LogP contribution in [0.15, 0.2) is 18.3 Å². The molecule has 1 aromatic heterocycles. The molecule has 1 heterocycles. The maximum atomic E-state index is 4.54. The van der Waals surface area contributed by atoms with Gasteiger partial charge in [0.25, 0.3) is 0 Å². The Balaban J connectivity index is 3.05. The molecule has 1 rings (SSSR count). The summed E-state index contributed by atoms with van der Waals surface area (Å²) in [6.45, 7) is 8.96. The summed E-state index contributed by atoms with van der Waals surface area (Å²) in [4.78, 5) is 4.54. The summed E-state index contributed by atoms with van der Waals surface area (Å²) in [5.41, 5.74) is 2.73. The maximum absolute atomic E-state index is 4.54. The first kappa shape index (κ1) is 11.2. The Bertz CT molecular complexity index is 274. The third kappa shape index (κ3) is 2.34. The molecule has 0 aliphatic carbocycles. The minimum atomic E-state index is 0.583. The first-order chi connectivity index (χ1) is 6.70. The van der Waals surface area contributed by atoms with Gasteiger partial charge in [-0.1, -0.05) is 33.8 Å². The zero-order chi connectivity index (χ0) is 10.6. The molecule has 0 aromatic carbocycles. The number of rotatable bonds is 4. The van der Waals surface area contributed by atoms with Crippen LogP contribution in [-0.2, 0) is 0 Å². The Morgan fingerprint density at radius 1 is 1.21 bits per heavy atom. The molecule has 0 unspecified atom stereocenters. The predicted molar refractivity (Wildman–Crippen MR) is 61.6 cm³/mol. The SMILES string of the molecule is CCC(CC)c1ncccc1C(C)C. The van der Waals surface area contributed by atoms with Gasteiger partial charge in [0.1, 0.15) is 0 Å². The molecule has 0 atom stereocenters. The molecule has 0 saturated heterocycles. The van der Waals surface area contributed by atoms with E-state index in [1.165, 1.54) is 24.1 Å². The number of hydrogen-bond donors (Lipinski definition) is 0. The van der Waals surface area contributed by atoms with Gasteiger partial charge in [-0.05, 0) is 30.4 Å². The van der Waals surface area contributed by atoms with Gasteiger partial charge < -0.3 is 0 Å². The lowest BCUT2D eigenvalue weighted by Gasteiger charge is -2.18. The van der Waals surface area contributed by atoms with E-state index in [2.05, 4.69) is 38.7 Å². The van der Waals surface area contributed by atoms with E-state index in [0.717, 1.165) is 0 Å². The fraction of sp³-hybridized carbons (Fsp3) is 0.615. The standard InChI is InChI=1S/C13H21N/c1-5-11(6-2)13-12(10(3)4)8-7-9-14-13/h7-11H,5-6H2,1-4H3. The summed E-state index contributed by atoms with van der Waals surface area (Å²) in [7, 11) is 0. The molecule has 1 nitrogen and oxygen atoms in total. The van der Waals surface area contributed by atoms with Gasteiger partial charge in [-0.2, -0.15) is 0 Å². The summed E-state index contributed by atoms with van der Waals surface area (Å²) in [5, 5.41) is 0. The molecule has 0 N–H and O–H groups in total. The van der Waals surface area contributed by atoms with Crippen LogP contribution in [0.1, 0.15) is 63.6 Å².